The van der Waals surface area contributed by atoms with Crippen LogP contribution in [0.25, 0.3) is 0 Å². The molecule has 3 rings (SSSR count). The quantitative estimate of drug-likeness (QED) is 0.209. The molecular formula is C21H15BiO12. The molecule has 0 spiro atoms. The van der Waals surface area contributed by atoms with E-state index in [2.05, 4.69) is 0 Å². The molecule has 0 saturated carbocycles. The second kappa shape index (κ2) is 10.1. The van der Waals surface area contributed by atoms with Crippen molar-refractivity contribution in [3.63, 3.8) is 0 Å². The molecule has 0 unspecified atom stereocenters. The first kappa shape index (κ1) is 24.4. The van der Waals surface area contributed by atoms with Crippen molar-refractivity contribution >= 4 is 41.0 Å². The Morgan fingerprint density at radius 1 is 0.500 bits per heavy atom. The molecule has 0 aliphatic heterocycles. The summed E-state index contributed by atoms with van der Waals surface area (Å²) in [6.07, 6.45) is 0. The third-order valence-electron chi connectivity index (χ3n) is 4.08. The molecule has 0 bridgehead atoms. The van der Waals surface area contributed by atoms with Gasteiger partial charge in [0, 0.05) is 0 Å². The molecule has 0 heterocycles. The fraction of sp³-hybridized carbons (Fsp3) is 0. The molecule has 34 heavy (non-hydrogen) atoms. The summed E-state index contributed by atoms with van der Waals surface area (Å²) in [5.74, 6) is -6.80. The van der Waals surface area contributed by atoms with Crippen LogP contribution in [0.1, 0.15) is 31.1 Å². The Balaban J connectivity index is 1.87. The minimum atomic E-state index is -4.88. The van der Waals surface area contributed by atoms with E-state index in [1.165, 1.54) is 0 Å². The van der Waals surface area contributed by atoms with Gasteiger partial charge in [0.05, 0.1) is 0 Å². The van der Waals surface area contributed by atoms with Gasteiger partial charge in [0.25, 0.3) is 0 Å². The zero-order valence-corrected chi connectivity index (χ0v) is 20.3. The van der Waals surface area contributed by atoms with Gasteiger partial charge in [-0.25, -0.2) is 0 Å². The van der Waals surface area contributed by atoms with E-state index >= 15 is 0 Å². The number of carbonyl (C=O) groups is 3. The fourth-order valence-corrected chi connectivity index (χ4v) is 5.65. The Hall–Kier alpha value is -4.25. The van der Waals surface area contributed by atoms with Gasteiger partial charge in [-0.2, -0.15) is 0 Å². The van der Waals surface area contributed by atoms with Gasteiger partial charge >= 0.3 is 200 Å². The zero-order chi connectivity index (χ0) is 25.0. The molecule has 0 amide bonds. The van der Waals surface area contributed by atoms with Crippen LogP contribution in [0.5, 0.6) is 34.5 Å². The summed E-state index contributed by atoms with van der Waals surface area (Å²) in [7, 11) is 0. The molecule has 176 valence electrons. The maximum absolute atomic E-state index is 12.5. The number of rotatable bonds is 6. The van der Waals surface area contributed by atoms with Crippen molar-refractivity contribution in [1.29, 1.82) is 0 Å². The summed E-state index contributed by atoms with van der Waals surface area (Å²) in [4.78, 5) is 37.5. The molecule has 0 radical (unpaired) electrons. The maximum atomic E-state index is 12.5. The van der Waals surface area contributed by atoms with E-state index < -0.39 is 74.9 Å². The average molecular weight is 668 g/mol. The summed E-state index contributed by atoms with van der Waals surface area (Å²) in [5.41, 5.74) is -1.32. The molecule has 0 aromatic heterocycles. The van der Waals surface area contributed by atoms with Gasteiger partial charge in [0.1, 0.15) is 0 Å². The third-order valence-corrected chi connectivity index (χ3v) is 7.75. The van der Waals surface area contributed by atoms with Crippen molar-refractivity contribution in [2.45, 2.75) is 0 Å². The Labute approximate surface area is 200 Å². The predicted octanol–water partition coefficient (Wildman–Crippen LogP) is 1.78. The molecular weight excluding hydrogens is 653 g/mol. The van der Waals surface area contributed by atoms with Crippen molar-refractivity contribution < 1.29 is 53.5 Å². The minimum absolute atomic E-state index is 0.350. The number of carbonyl (C=O) groups excluding carboxylic acids is 3. The summed E-state index contributed by atoms with van der Waals surface area (Å²) in [5, 5.41) is 57.6. The molecule has 12 nitrogen and oxygen atoms in total. The second-order valence-electron chi connectivity index (χ2n) is 6.46. The summed E-state index contributed by atoms with van der Waals surface area (Å²) < 4.78 is 15.1. The summed E-state index contributed by atoms with van der Waals surface area (Å²) in [6, 6.07) is 8.79. The van der Waals surface area contributed by atoms with Gasteiger partial charge in [0.15, 0.2) is 0 Å². The first-order valence-electron chi connectivity index (χ1n) is 9.08. The van der Waals surface area contributed by atoms with Gasteiger partial charge in [-0.1, -0.05) is 0 Å². The Morgan fingerprint density at radius 2 is 0.765 bits per heavy atom. The molecule has 0 aliphatic carbocycles. The number of phenols is 6. The molecule has 0 atom stereocenters. The standard InChI is InChI=1S/3C7H6O4.Bi/c3*8-4-1-2-5(7(10)11)6(9)3-4;/h3*1-3,8-9H,(H,10,11);/q;;;+3/p-3. The van der Waals surface area contributed by atoms with Gasteiger partial charge in [-0.05, 0) is 0 Å². The van der Waals surface area contributed by atoms with Crippen molar-refractivity contribution in [2.24, 2.45) is 0 Å². The molecule has 3 aromatic rings. The van der Waals surface area contributed by atoms with E-state index in [4.69, 9.17) is 8.44 Å². The third kappa shape index (κ3) is 5.75. The molecule has 0 saturated heterocycles. The van der Waals surface area contributed by atoms with E-state index in [-0.39, 0.29) is 17.2 Å². The monoisotopic (exact) mass is 668 g/mol. The fourth-order valence-electron chi connectivity index (χ4n) is 2.48. The zero-order valence-electron chi connectivity index (χ0n) is 16.8. The van der Waals surface area contributed by atoms with Crippen LogP contribution in [0.15, 0.2) is 54.6 Å². The number of hydrogen-bond donors (Lipinski definition) is 6. The van der Waals surface area contributed by atoms with Crippen LogP contribution >= 0.6 is 0 Å². The van der Waals surface area contributed by atoms with Crippen LogP contribution in [0.3, 0.4) is 0 Å². The summed E-state index contributed by atoms with van der Waals surface area (Å²) >= 11 is -4.88. The Bertz CT molecular complexity index is 1120. The molecule has 13 heteroatoms. The normalized spacial score (nSPS) is 10.5. The van der Waals surface area contributed by atoms with Crippen molar-refractivity contribution in [3.8, 4) is 34.5 Å². The van der Waals surface area contributed by atoms with E-state index in [0.717, 1.165) is 54.6 Å². The van der Waals surface area contributed by atoms with E-state index in [1.54, 1.807) is 0 Å². The van der Waals surface area contributed by atoms with Crippen LogP contribution in [-0.2, 0) is 8.44 Å². The van der Waals surface area contributed by atoms with E-state index in [1.807, 2.05) is 0 Å². The van der Waals surface area contributed by atoms with Crippen LogP contribution in [0.2, 0.25) is 0 Å². The SMILES string of the molecule is O=C([O][Bi]([O]C(=O)c1ccc(O)cc1O)[O]C(=O)c1ccc(O)cc1O)c1ccc(O)cc1O. The number of aromatic hydroxyl groups is 6. The van der Waals surface area contributed by atoms with Crippen LogP contribution in [0, 0.1) is 0 Å². The Morgan fingerprint density at radius 3 is 1.00 bits per heavy atom. The molecule has 3 aromatic carbocycles. The van der Waals surface area contributed by atoms with E-state index in [0.29, 0.717) is 0 Å². The van der Waals surface area contributed by atoms with Crippen LogP contribution in [0.4, 0.5) is 0 Å². The number of benzene rings is 3. The van der Waals surface area contributed by atoms with Gasteiger partial charge in [-0.3, -0.25) is 0 Å². The van der Waals surface area contributed by atoms with Crippen molar-refractivity contribution in [3.05, 3.63) is 71.3 Å². The van der Waals surface area contributed by atoms with Gasteiger partial charge < -0.3 is 0 Å². The second-order valence-corrected chi connectivity index (χ2v) is 10.3. The average Bonchev–Trinajstić information content (AvgIpc) is 2.73. The number of hydrogen-bond acceptors (Lipinski definition) is 12. The van der Waals surface area contributed by atoms with Gasteiger partial charge in [-0.15, -0.1) is 0 Å². The first-order chi connectivity index (χ1) is 16.0. The van der Waals surface area contributed by atoms with Gasteiger partial charge in [0.2, 0.25) is 0 Å². The topological polar surface area (TPSA) is 200 Å². The van der Waals surface area contributed by atoms with Crippen LogP contribution < -0.4 is 0 Å². The first-order valence-corrected chi connectivity index (χ1v) is 13.3. The molecule has 0 fully saturated rings. The predicted molar refractivity (Wildman–Crippen MR) is 111 cm³/mol. The van der Waals surface area contributed by atoms with Crippen molar-refractivity contribution in [1.82, 2.24) is 0 Å². The number of phenolic OH excluding ortho intramolecular Hbond substituents is 6. The molecule has 0 aliphatic rings. The molecule has 6 N–H and O–H groups in total. The van der Waals surface area contributed by atoms with Crippen LogP contribution in [-0.4, -0.2) is 71.6 Å². The Kier molecular flexibility index (Phi) is 7.27. The summed E-state index contributed by atoms with van der Waals surface area (Å²) in [6.45, 7) is 0. The van der Waals surface area contributed by atoms with E-state index in [9.17, 15) is 45.0 Å². The van der Waals surface area contributed by atoms with Crippen molar-refractivity contribution in [2.75, 3.05) is 0 Å².